The van der Waals surface area contributed by atoms with Crippen LogP contribution in [0.3, 0.4) is 0 Å². The van der Waals surface area contributed by atoms with Gasteiger partial charge in [0.25, 0.3) is 5.91 Å². The average molecular weight is 644 g/mol. The maximum atomic E-state index is 13.3. The molecule has 3 heterocycles. The smallest absolute Gasteiger partial charge is 0.337 e. The number of nitrogens with zero attached hydrogens (tertiary/aromatic N) is 2. The maximum Gasteiger partial charge on any atom is 0.337 e. The minimum Gasteiger partial charge on any atom is -0.497 e. The third kappa shape index (κ3) is 5.53. The van der Waals surface area contributed by atoms with Crippen LogP contribution in [-0.2, 0) is 16.6 Å². The van der Waals surface area contributed by atoms with Crippen molar-refractivity contribution in [2.45, 2.75) is 83.6 Å². The molecule has 0 radical (unpaired) electrons. The fourth-order valence-corrected chi connectivity index (χ4v) is 7.63. The summed E-state index contributed by atoms with van der Waals surface area (Å²) in [4.78, 5) is 25.8. The van der Waals surface area contributed by atoms with Crippen LogP contribution in [0, 0.1) is 0 Å². The number of hydrogen-bond donors (Lipinski definition) is 2. The van der Waals surface area contributed by atoms with Crippen LogP contribution >= 0.6 is 0 Å². The first-order valence-corrected chi connectivity index (χ1v) is 17.5. The van der Waals surface area contributed by atoms with Gasteiger partial charge in [0, 0.05) is 34.3 Å². The summed E-state index contributed by atoms with van der Waals surface area (Å²) in [6.45, 7) is 7.46. The minimum absolute atomic E-state index is 0.00825. The summed E-state index contributed by atoms with van der Waals surface area (Å²) in [5.74, 6) is -0.682. The zero-order valence-corrected chi connectivity index (χ0v) is 27.8. The van der Waals surface area contributed by atoms with Gasteiger partial charge in [-0.25, -0.2) is 17.9 Å². The number of carboxylic acid groups (broad SMARTS) is 1. The predicted octanol–water partition coefficient (Wildman–Crippen LogP) is 7.47. The number of carbonyl (C=O) groups is 2. The van der Waals surface area contributed by atoms with Gasteiger partial charge in [0.1, 0.15) is 5.75 Å². The maximum absolute atomic E-state index is 13.3. The monoisotopic (exact) mass is 643 g/mol. The second-order valence-corrected chi connectivity index (χ2v) is 15.2. The van der Waals surface area contributed by atoms with Crippen molar-refractivity contribution in [1.29, 1.82) is 0 Å². The van der Waals surface area contributed by atoms with E-state index >= 15 is 0 Å². The summed E-state index contributed by atoms with van der Waals surface area (Å²) in [5.41, 5.74) is 6.88. The van der Waals surface area contributed by atoms with Crippen LogP contribution in [0.5, 0.6) is 5.75 Å². The van der Waals surface area contributed by atoms with Crippen molar-refractivity contribution in [2.75, 3.05) is 7.11 Å². The number of nitrogens with one attached hydrogen (secondary N) is 1. The molecule has 0 unspecified atom stereocenters. The number of benzene rings is 2. The van der Waals surface area contributed by atoms with Crippen molar-refractivity contribution in [3.63, 3.8) is 0 Å². The fraction of sp³-hybridized carbons (Fsp3) is 0.389. The van der Waals surface area contributed by atoms with Crippen molar-refractivity contribution in [3.8, 4) is 17.0 Å². The first-order valence-electron chi connectivity index (χ1n) is 16.0. The number of allylic oxidation sites excluding steroid dienone is 1. The third-order valence-electron chi connectivity index (χ3n) is 9.41. The molecule has 6 rings (SSSR count). The zero-order chi connectivity index (χ0) is 32.9. The molecule has 1 fully saturated rings. The Balaban J connectivity index is 1.65. The molecule has 0 atom stereocenters. The molecule has 0 saturated heterocycles. The molecular formula is C36H41N3O6S. The highest BCUT2D eigenvalue weighted by Gasteiger charge is 2.32. The highest BCUT2D eigenvalue weighted by atomic mass is 32.2. The molecule has 4 aromatic rings. The van der Waals surface area contributed by atoms with Gasteiger partial charge in [0.15, 0.2) is 0 Å². The number of carbonyl (C=O) groups excluding carboxylic acids is 1. The number of ether oxygens (including phenoxy) is 1. The molecule has 0 spiro atoms. The van der Waals surface area contributed by atoms with Crippen LogP contribution in [0.1, 0.15) is 109 Å². The molecule has 1 amide bonds. The second-order valence-electron chi connectivity index (χ2n) is 12.9. The van der Waals surface area contributed by atoms with Gasteiger partial charge in [-0.05, 0) is 106 Å². The number of fused-ring (bicyclic) bond motifs is 5. The molecule has 2 aromatic carbocycles. The Kier molecular flexibility index (Phi) is 8.35. The third-order valence-corrected chi connectivity index (χ3v) is 11.1. The van der Waals surface area contributed by atoms with Gasteiger partial charge in [-0.1, -0.05) is 25.3 Å². The number of rotatable bonds is 8. The number of aromatic nitrogens is 2. The van der Waals surface area contributed by atoms with Crippen LogP contribution in [0.2, 0.25) is 0 Å². The fourth-order valence-electron chi connectivity index (χ4n) is 7.02. The van der Waals surface area contributed by atoms with Crippen molar-refractivity contribution in [1.82, 2.24) is 13.9 Å². The Labute approximate surface area is 269 Å². The highest BCUT2D eigenvalue weighted by Crippen LogP contribution is 2.48. The van der Waals surface area contributed by atoms with Gasteiger partial charge in [0.2, 0.25) is 10.0 Å². The summed E-state index contributed by atoms with van der Waals surface area (Å²) >= 11 is 0. The molecule has 2 aromatic heterocycles. The van der Waals surface area contributed by atoms with E-state index in [1.165, 1.54) is 25.8 Å². The normalized spacial score (nSPS) is 15.4. The molecule has 10 heteroatoms. The molecule has 1 aliphatic heterocycles. The van der Waals surface area contributed by atoms with E-state index in [0.29, 0.717) is 23.9 Å². The molecule has 242 valence electrons. The Morgan fingerprint density at radius 1 is 0.978 bits per heavy atom. The predicted molar refractivity (Wildman–Crippen MR) is 181 cm³/mol. The number of aromatic carboxylic acids is 1. The molecule has 46 heavy (non-hydrogen) atoms. The Hall–Kier alpha value is -4.31. The highest BCUT2D eigenvalue weighted by molar-refractivity contribution is 7.90. The summed E-state index contributed by atoms with van der Waals surface area (Å²) in [7, 11) is -2.20. The van der Waals surface area contributed by atoms with Gasteiger partial charge in [-0.3, -0.25) is 4.79 Å². The van der Waals surface area contributed by atoms with Gasteiger partial charge in [-0.15, -0.1) is 0 Å². The van der Waals surface area contributed by atoms with Crippen molar-refractivity contribution in [3.05, 3.63) is 76.6 Å². The summed E-state index contributed by atoms with van der Waals surface area (Å²) in [6.07, 6.45) is 9.44. The standard InChI is InChI=1S/C36H41N3O6S/c1-21(2)38-16-15-30(36(41)42)33(38)26-17-25-18-27(45-5)12-14-28(25)34-32(23-9-7-6-8-10-23)29-13-11-24(19-31(29)39(34)20-26)35(40)37-46(43,44)22(3)4/h11-19,21-23H,6-10,20H2,1-5H3,(H,37,40)(H,41,42). The van der Waals surface area contributed by atoms with Crippen molar-refractivity contribution >= 4 is 44.5 Å². The van der Waals surface area contributed by atoms with E-state index in [2.05, 4.69) is 21.4 Å². The van der Waals surface area contributed by atoms with E-state index in [1.54, 1.807) is 25.3 Å². The molecular weight excluding hydrogens is 602 g/mol. The average Bonchev–Trinajstić information content (AvgIpc) is 3.56. The Morgan fingerprint density at radius 2 is 1.72 bits per heavy atom. The van der Waals surface area contributed by atoms with Crippen LogP contribution < -0.4 is 9.46 Å². The SMILES string of the molecule is COc1ccc2c(c1)C=C(c1c(C(=O)O)ccn1C(C)C)Cn1c-2c(C2CCCCC2)c2ccc(C(=O)NS(=O)(=O)C(C)C)cc21. The summed E-state index contributed by atoms with van der Waals surface area (Å²) < 4.78 is 37.2. The van der Waals surface area contributed by atoms with E-state index in [4.69, 9.17) is 4.74 Å². The van der Waals surface area contributed by atoms with Gasteiger partial charge in [-0.2, -0.15) is 0 Å². The summed E-state index contributed by atoms with van der Waals surface area (Å²) in [5, 5.41) is 10.5. The van der Waals surface area contributed by atoms with Crippen LogP contribution in [0.15, 0.2) is 48.7 Å². The second kappa shape index (κ2) is 12.1. The van der Waals surface area contributed by atoms with Gasteiger partial charge in [0.05, 0.1) is 35.9 Å². The van der Waals surface area contributed by atoms with E-state index in [9.17, 15) is 23.1 Å². The summed E-state index contributed by atoms with van der Waals surface area (Å²) in [6, 6.07) is 13.1. The van der Waals surface area contributed by atoms with E-state index in [1.807, 2.05) is 42.8 Å². The van der Waals surface area contributed by atoms with Crippen molar-refractivity contribution < 1.29 is 27.9 Å². The number of sulfonamides is 1. The number of hydrogen-bond acceptors (Lipinski definition) is 5. The van der Waals surface area contributed by atoms with E-state index in [0.717, 1.165) is 59.0 Å². The number of methoxy groups -OCH3 is 1. The Bertz CT molecular complexity index is 1990. The van der Waals surface area contributed by atoms with E-state index < -0.39 is 27.1 Å². The van der Waals surface area contributed by atoms with Crippen LogP contribution in [0.4, 0.5) is 0 Å². The first-order chi connectivity index (χ1) is 21.9. The largest absolute Gasteiger partial charge is 0.497 e. The van der Waals surface area contributed by atoms with E-state index in [-0.39, 0.29) is 17.2 Å². The lowest BCUT2D eigenvalue weighted by Gasteiger charge is -2.24. The van der Waals surface area contributed by atoms with Crippen LogP contribution in [-0.4, -0.2) is 46.9 Å². The van der Waals surface area contributed by atoms with Crippen molar-refractivity contribution in [2.24, 2.45) is 0 Å². The molecule has 0 bridgehead atoms. The number of carboxylic acids is 1. The first kappa shape index (κ1) is 31.7. The zero-order valence-electron chi connectivity index (χ0n) is 27.0. The lowest BCUT2D eigenvalue weighted by molar-refractivity contribution is 0.0696. The lowest BCUT2D eigenvalue weighted by atomic mass is 9.81. The minimum atomic E-state index is -3.83. The molecule has 9 nitrogen and oxygen atoms in total. The molecule has 1 saturated carbocycles. The Morgan fingerprint density at radius 3 is 2.37 bits per heavy atom. The topological polar surface area (TPSA) is 120 Å². The molecule has 1 aliphatic carbocycles. The van der Waals surface area contributed by atoms with Gasteiger partial charge >= 0.3 is 5.97 Å². The lowest BCUT2D eigenvalue weighted by Crippen LogP contribution is -2.35. The number of amides is 1. The van der Waals surface area contributed by atoms with Crippen LogP contribution in [0.25, 0.3) is 33.8 Å². The quantitative estimate of drug-likeness (QED) is 0.206. The van der Waals surface area contributed by atoms with Gasteiger partial charge < -0.3 is 19.0 Å². The molecule has 2 aliphatic rings. The molecule has 2 N–H and O–H groups in total.